The molecule has 1 N–H and O–H groups in total. The van der Waals surface area contributed by atoms with E-state index in [1.807, 2.05) is 30.3 Å². The second kappa shape index (κ2) is 9.39. The molecule has 10 nitrogen and oxygen atoms in total. The number of carbonyl (C=O) groups is 1. The quantitative estimate of drug-likeness (QED) is 0.274. The Balaban J connectivity index is 1.35. The SMILES string of the molecule is O=C(N/N=C/c1cccc([N+](=O)[O-])c1)c1ccc(Cn2nnc(-c3ccccc3)n2)cc1. The van der Waals surface area contributed by atoms with Gasteiger partial charge in [0.05, 0.1) is 17.7 Å². The van der Waals surface area contributed by atoms with Gasteiger partial charge in [-0.25, -0.2) is 5.43 Å². The average molecular weight is 427 g/mol. The second-order valence-electron chi connectivity index (χ2n) is 6.76. The molecule has 0 aliphatic carbocycles. The molecule has 1 amide bonds. The van der Waals surface area contributed by atoms with E-state index in [0.29, 0.717) is 23.5 Å². The van der Waals surface area contributed by atoms with E-state index in [1.165, 1.54) is 23.1 Å². The number of carbonyl (C=O) groups excluding carboxylic acids is 1. The third-order valence-electron chi connectivity index (χ3n) is 4.49. The monoisotopic (exact) mass is 427 g/mol. The molecule has 4 rings (SSSR count). The lowest BCUT2D eigenvalue weighted by Crippen LogP contribution is -2.17. The van der Waals surface area contributed by atoms with Gasteiger partial charge in [0.25, 0.3) is 11.6 Å². The van der Waals surface area contributed by atoms with Crippen LogP contribution in [-0.4, -0.2) is 37.3 Å². The van der Waals surface area contributed by atoms with Gasteiger partial charge in [-0.2, -0.15) is 9.90 Å². The van der Waals surface area contributed by atoms with Crippen molar-refractivity contribution < 1.29 is 9.72 Å². The van der Waals surface area contributed by atoms with Crippen LogP contribution in [0.5, 0.6) is 0 Å². The van der Waals surface area contributed by atoms with Crippen molar-refractivity contribution in [2.45, 2.75) is 6.54 Å². The highest BCUT2D eigenvalue weighted by Crippen LogP contribution is 2.13. The number of nitrogens with zero attached hydrogens (tertiary/aromatic N) is 6. The Kier molecular flexibility index (Phi) is 6.03. The fourth-order valence-electron chi connectivity index (χ4n) is 2.89. The van der Waals surface area contributed by atoms with Crippen LogP contribution in [0.4, 0.5) is 5.69 Å². The molecule has 4 aromatic rings. The molecular formula is C22H17N7O3. The van der Waals surface area contributed by atoms with E-state index in [9.17, 15) is 14.9 Å². The number of tetrazole rings is 1. The molecule has 0 unspecified atom stereocenters. The van der Waals surface area contributed by atoms with Crippen molar-refractivity contribution >= 4 is 17.8 Å². The van der Waals surface area contributed by atoms with Crippen LogP contribution in [0.3, 0.4) is 0 Å². The zero-order valence-corrected chi connectivity index (χ0v) is 16.7. The fourth-order valence-corrected chi connectivity index (χ4v) is 2.89. The van der Waals surface area contributed by atoms with Gasteiger partial charge in [-0.1, -0.05) is 54.6 Å². The molecule has 10 heteroatoms. The van der Waals surface area contributed by atoms with Crippen molar-refractivity contribution in [1.29, 1.82) is 0 Å². The number of aromatic nitrogens is 4. The molecule has 0 aliphatic heterocycles. The van der Waals surface area contributed by atoms with E-state index < -0.39 is 10.8 Å². The number of hydrazone groups is 1. The van der Waals surface area contributed by atoms with Gasteiger partial charge in [-0.15, -0.1) is 10.2 Å². The predicted molar refractivity (Wildman–Crippen MR) is 117 cm³/mol. The highest BCUT2D eigenvalue weighted by atomic mass is 16.6. The number of benzene rings is 3. The van der Waals surface area contributed by atoms with Gasteiger partial charge in [-0.3, -0.25) is 14.9 Å². The number of non-ortho nitro benzene ring substituents is 1. The van der Waals surface area contributed by atoms with Crippen molar-refractivity contribution in [3.05, 3.63) is 106 Å². The maximum atomic E-state index is 12.3. The molecule has 0 aliphatic rings. The molecule has 1 heterocycles. The summed E-state index contributed by atoms with van der Waals surface area (Å²) < 4.78 is 0. The lowest BCUT2D eigenvalue weighted by atomic mass is 10.1. The lowest BCUT2D eigenvalue weighted by molar-refractivity contribution is -0.384. The van der Waals surface area contributed by atoms with Crippen LogP contribution in [0.15, 0.2) is 84.0 Å². The van der Waals surface area contributed by atoms with E-state index in [1.54, 1.807) is 36.4 Å². The number of nitro groups is 1. The third-order valence-corrected chi connectivity index (χ3v) is 4.49. The highest BCUT2D eigenvalue weighted by molar-refractivity contribution is 5.94. The molecular weight excluding hydrogens is 410 g/mol. The number of nitro benzene ring substituents is 1. The van der Waals surface area contributed by atoms with Crippen LogP contribution in [-0.2, 0) is 6.54 Å². The normalized spacial score (nSPS) is 10.9. The van der Waals surface area contributed by atoms with E-state index >= 15 is 0 Å². The first-order chi connectivity index (χ1) is 15.6. The van der Waals surface area contributed by atoms with Crippen molar-refractivity contribution in [3.8, 4) is 11.4 Å². The number of amides is 1. The Morgan fingerprint density at radius 2 is 1.84 bits per heavy atom. The maximum Gasteiger partial charge on any atom is 0.271 e. The Bertz CT molecular complexity index is 1270. The minimum absolute atomic E-state index is 0.0476. The lowest BCUT2D eigenvalue weighted by Gasteiger charge is -2.03. The van der Waals surface area contributed by atoms with E-state index in [2.05, 4.69) is 25.9 Å². The summed E-state index contributed by atoms with van der Waals surface area (Å²) in [6.07, 6.45) is 1.35. The van der Waals surface area contributed by atoms with E-state index in [4.69, 9.17) is 0 Å². The molecule has 0 radical (unpaired) electrons. The third kappa shape index (κ3) is 5.05. The summed E-state index contributed by atoms with van der Waals surface area (Å²) in [6, 6.07) is 22.4. The minimum Gasteiger partial charge on any atom is -0.267 e. The molecule has 0 bridgehead atoms. The van der Waals surface area contributed by atoms with Gasteiger partial charge in [0.1, 0.15) is 0 Å². The Morgan fingerprint density at radius 1 is 1.06 bits per heavy atom. The summed E-state index contributed by atoms with van der Waals surface area (Å²) >= 11 is 0. The molecule has 158 valence electrons. The number of rotatable bonds is 7. The summed E-state index contributed by atoms with van der Waals surface area (Å²) in [5.41, 5.74) is 5.07. The molecule has 0 saturated heterocycles. The molecule has 0 fully saturated rings. The number of nitrogens with one attached hydrogen (secondary N) is 1. The van der Waals surface area contributed by atoms with E-state index in [-0.39, 0.29) is 5.69 Å². The van der Waals surface area contributed by atoms with Crippen molar-refractivity contribution in [2.75, 3.05) is 0 Å². The number of hydrogen-bond acceptors (Lipinski definition) is 7. The zero-order chi connectivity index (χ0) is 22.3. The van der Waals surface area contributed by atoms with Gasteiger partial charge < -0.3 is 0 Å². The number of hydrogen-bond donors (Lipinski definition) is 1. The highest BCUT2D eigenvalue weighted by Gasteiger charge is 2.08. The molecule has 0 saturated carbocycles. The Labute approximate surface area is 182 Å². The van der Waals surface area contributed by atoms with Crippen LogP contribution in [0, 0.1) is 10.1 Å². The largest absolute Gasteiger partial charge is 0.271 e. The summed E-state index contributed by atoms with van der Waals surface area (Å²) in [5, 5.41) is 27.2. The smallest absolute Gasteiger partial charge is 0.267 e. The van der Waals surface area contributed by atoms with Crippen molar-refractivity contribution in [1.82, 2.24) is 25.6 Å². The first kappa shape index (κ1) is 20.5. The first-order valence-electron chi connectivity index (χ1n) is 9.58. The summed E-state index contributed by atoms with van der Waals surface area (Å²) in [6.45, 7) is 0.409. The minimum atomic E-state index is -0.491. The molecule has 3 aromatic carbocycles. The Morgan fingerprint density at radius 3 is 2.59 bits per heavy atom. The molecule has 32 heavy (non-hydrogen) atoms. The molecule has 0 atom stereocenters. The van der Waals surface area contributed by atoms with Crippen molar-refractivity contribution in [3.63, 3.8) is 0 Å². The summed E-state index contributed by atoms with van der Waals surface area (Å²) in [5.74, 6) is 0.145. The second-order valence-corrected chi connectivity index (χ2v) is 6.76. The summed E-state index contributed by atoms with van der Waals surface area (Å²) in [4.78, 5) is 24.1. The van der Waals surface area contributed by atoms with Crippen molar-refractivity contribution in [2.24, 2.45) is 5.10 Å². The van der Waals surface area contributed by atoms with Crippen LogP contribution in [0.2, 0.25) is 0 Å². The van der Waals surface area contributed by atoms with Crippen LogP contribution in [0.25, 0.3) is 11.4 Å². The standard InChI is InChI=1S/C22H17N7O3/c30-22(25-23-14-17-5-4-8-20(13-17)29(31)32)19-11-9-16(10-12-19)15-28-26-21(24-27-28)18-6-2-1-3-7-18/h1-14H,15H2,(H,25,30)/b23-14+. The predicted octanol–water partition coefficient (Wildman–Crippen LogP) is 3.06. The fraction of sp³-hybridized carbons (Fsp3) is 0.0455. The van der Waals surface area contributed by atoms with Gasteiger partial charge in [0, 0.05) is 28.8 Å². The van der Waals surface area contributed by atoms with E-state index in [0.717, 1.165) is 11.1 Å². The first-order valence-corrected chi connectivity index (χ1v) is 9.58. The van der Waals surface area contributed by atoms with Gasteiger partial charge in [0.2, 0.25) is 5.82 Å². The summed E-state index contributed by atoms with van der Waals surface area (Å²) in [7, 11) is 0. The van der Waals surface area contributed by atoms with Gasteiger partial charge in [-0.05, 0) is 22.9 Å². The topological polar surface area (TPSA) is 128 Å². The van der Waals surface area contributed by atoms with Crippen LogP contribution in [0.1, 0.15) is 21.5 Å². The molecule has 0 spiro atoms. The van der Waals surface area contributed by atoms with Gasteiger partial charge in [0.15, 0.2) is 0 Å². The van der Waals surface area contributed by atoms with Gasteiger partial charge >= 0.3 is 0 Å². The zero-order valence-electron chi connectivity index (χ0n) is 16.7. The molecule has 1 aromatic heterocycles. The average Bonchev–Trinajstić information content (AvgIpc) is 3.29. The Hall–Kier alpha value is -4.73. The maximum absolute atomic E-state index is 12.3. The van der Waals surface area contributed by atoms with Crippen LogP contribution >= 0.6 is 0 Å². The van der Waals surface area contributed by atoms with Crippen LogP contribution < -0.4 is 5.43 Å².